The van der Waals surface area contributed by atoms with Gasteiger partial charge in [0.2, 0.25) is 0 Å². The number of nitrogen functional groups attached to an aromatic ring is 1. The molecule has 3 N–H and O–H groups in total. The van der Waals surface area contributed by atoms with E-state index in [0.29, 0.717) is 17.9 Å². The van der Waals surface area contributed by atoms with E-state index >= 15 is 0 Å². The third-order valence-electron chi connectivity index (χ3n) is 2.44. The van der Waals surface area contributed by atoms with Gasteiger partial charge >= 0.3 is 0 Å². The number of halogens is 1. The van der Waals surface area contributed by atoms with Crippen LogP contribution < -0.4 is 11.1 Å². The van der Waals surface area contributed by atoms with E-state index in [0.717, 1.165) is 12.1 Å². The minimum absolute atomic E-state index is 0.292. The van der Waals surface area contributed by atoms with E-state index in [1.165, 1.54) is 12.1 Å². The highest BCUT2D eigenvalue weighted by Gasteiger charge is 2.00. The maximum atomic E-state index is 13.0. The maximum Gasteiger partial charge on any atom is 0.125 e. The fourth-order valence-electron chi connectivity index (χ4n) is 1.55. The largest absolute Gasteiger partial charge is 0.397 e. The van der Waals surface area contributed by atoms with Gasteiger partial charge < -0.3 is 11.1 Å². The van der Waals surface area contributed by atoms with Crippen LogP contribution in [0.5, 0.6) is 0 Å². The lowest BCUT2D eigenvalue weighted by Gasteiger charge is -2.08. The molecule has 3 nitrogen and oxygen atoms in total. The van der Waals surface area contributed by atoms with Crippen molar-refractivity contribution >= 4 is 11.4 Å². The van der Waals surface area contributed by atoms with E-state index in [2.05, 4.69) is 10.3 Å². The molecule has 17 heavy (non-hydrogen) atoms. The first-order chi connectivity index (χ1) is 8.25. The molecule has 1 aromatic heterocycles. The molecule has 0 saturated heterocycles. The molecule has 1 heterocycles. The van der Waals surface area contributed by atoms with Crippen LogP contribution in [0.1, 0.15) is 5.69 Å². The molecule has 0 radical (unpaired) electrons. The molecule has 4 heteroatoms. The molecular weight excluding hydrogens is 217 g/mol. The normalized spacial score (nSPS) is 10.2. The fraction of sp³-hybridized carbons (Fsp3) is 0.154. The van der Waals surface area contributed by atoms with Crippen LogP contribution in [0.25, 0.3) is 0 Å². The van der Waals surface area contributed by atoms with Gasteiger partial charge in [0.25, 0.3) is 0 Å². The molecule has 0 amide bonds. The van der Waals surface area contributed by atoms with Crippen molar-refractivity contribution in [1.29, 1.82) is 0 Å². The fourth-order valence-corrected chi connectivity index (χ4v) is 1.55. The third kappa shape index (κ3) is 3.17. The smallest absolute Gasteiger partial charge is 0.125 e. The molecule has 0 aliphatic carbocycles. The summed E-state index contributed by atoms with van der Waals surface area (Å²) in [5.74, 6) is -0.292. The van der Waals surface area contributed by atoms with Crippen LogP contribution in [-0.2, 0) is 6.42 Å². The number of pyridine rings is 1. The van der Waals surface area contributed by atoms with Crippen molar-refractivity contribution in [3.05, 3.63) is 54.1 Å². The molecule has 0 atom stereocenters. The van der Waals surface area contributed by atoms with Gasteiger partial charge in [0.1, 0.15) is 5.82 Å². The van der Waals surface area contributed by atoms with Crippen LogP contribution in [0.2, 0.25) is 0 Å². The van der Waals surface area contributed by atoms with Crippen molar-refractivity contribution in [2.45, 2.75) is 6.42 Å². The van der Waals surface area contributed by atoms with Crippen LogP contribution in [0.4, 0.5) is 15.8 Å². The first kappa shape index (κ1) is 11.4. The quantitative estimate of drug-likeness (QED) is 0.795. The first-order valence-corrected chi connectivity index (χ1v) is 5.44. The molecule has 0 bridgehead atoms. The van der Waals surface area contributed by atoms with Gasteiger partial charge in [-0.15, -0.1) is 0 Å². The highest BCUT2D eigenvalue weighted by atomic mass is 19.1. The number of nitrogens with one attached hydrogen (secondary N) is 1. The van der Waals surface area contributed by atoms with E-state index in [4.69, 9.17) is 5.73 Å². The summed E-state index contributed by atoms with van der Waals surface area (Å²) in [6.45, 7) is 0.671. The van der Waals surface area contributed by atoms with Crippen LogP contribution in [0, 0.1) is 5.82 Å². The van der Waals surface area contributed by atoms with Gasteiger partial charge in [0.15, 0.2) is 0 Å². The van der Waals surface area contributed by atoms with Crippen LogP contribution in [-0.4, -0.2) is 11.5 Å². The first-order valence-electron chi connectivity index (χ1n) is 5.44. The average Bonchev–Trinajstić information content (AvgIpc) is 2.35. The van der Waals surface area contributed by atoms with Gasteiger partial charge in [-0.25, -0.2) is 4.39 Å². The number of hydrogen-bond acceptors (Lipinski definition) is 3. The van der Waals surface area contributed by atoms with Crippen LogP contribution >= 0.6 is 0 Å². The van der Waals surface area contributed by atoms with Gasteiger partial charge in [-0.1, -0.05) is 6.07 Å². The summed E-state index contributed by atoms with van der Waals surface area (Å²) in [7, 11) is 0. The zero-order chi connectivity index (χ0) is 12.1. The molecule has 0 spiro atoms. The van der Waals surface area contributed by atoms with E-state index in [-0.39, 0.29) is 5.82 Å². The molecule has 0 unspecified atom stereocenters. The maximum absolute atomic E-state index is 13.0. The molecule has 0 fully saturated rings. The average molecular weight is 231 g/mol. The summed E-state index contributed by atoms with van der Waals surface area (Å²) in [5.41, 5.74) is 7.89. The van der Waals surface area contributed by atoms with Crippen molar-refractivity contribution in [2.24, 2.45) is 0 Å². The Morgan fingerprint density at radius 3 is 2.88 bits per heavy atom. The summed E-state index contributed by atoms with van der Waals surface area (Å²) in [4.78, 5) is 4.20. The topological polar surface area (TPSA) is 50.9 Å². The molecule has 2 aromatic rings. The summed E-state index contributed by atoms with van der Waals surface area (Å²) in [6.07, 6.45) is 2.53. The van der Waals surface area contributed by atoms with Crippen molar-refractivity contribution in [1.82, 2.24) is 4.98 Å². The highest BCUT2D eigenvalue weighted by molar-refractivity contribution is 5.65. The zero-order valence-electron chi connectivity index (χ0n) is 9.36. The van der Waals surface area contributed by atoms with Gasteiger partial charge in [-0.3, -0.25) is 4.98 Å². The summed E-state index contributed by atoms with van der Waals surface area (Å²) in [5, 5.41) is 3.10. The summed E-state index contributed by atoms with van der Waals surface area (Å²) >= 11 is 0. The highest BCUT2D eigenvalue weighted by Crippen LogP contribution is 2.18. The van der Waals surface area contributed by atoms with Crippen molar-refractivity contribution < 1.29 is 4.39 Å². The predicted molar refractivity (Wildman–Crippen MR) is 67.2 cm³/mol. The Morgan fingerprint density at radius 2 is 2.12 bits per heavy atom. The SMILES string of the molecule is Nc1ccc(F)cc1NCCc1ccccn1. The Kier molecular flexibility index (Phi) is 3.55. The van der Waals surface area contributed by atoms with Gasteiger partial charge in [0.05, 0.1) is 11.4 Å². The Morgan fingerprint density at radius 1 is 1.24 bits per heavy atom. The Labute approximate surface area is 99.5 Å². The monoisotopic (exact) mass is 231 g/mol. The van der Waals surface area contributed by atoms with Crippen molar-refractivity contribution in [3.8, 4) is 0 Å². The van der Waals surface area contributed by atoms with E-state index < -0.39 is 0 Å². The minimum atomic E-state index is -0.292. The lowest BCUT2D eigenvalue weighted by Crippen LogP contribution is -2.07. The number of benzene rings is 1. The van der Waals surface area contributed by atoms with E-state index in [1.807, 2.05) is 18.2 Å². The van der Waals surface area contributed by atoms with Crippen molar-refractivity contribution in [3.63, 3.8) is 0 Å². The molecule has 2 rings (SSSR count). The second kappa shape index (κ2) is 5.30. The predicted octanol–water partition coefficient (Wildman–Crippen LogP) is 2.46. The third-order valence-corrected chi connectivity index (χ3v) is 2.44. The summed E-state index contributed by atoms with van der Waals surface area (Å²) in [6, 6.07) is 10.1. The standard InChI is InChI=1S/C13H14FN3/c14-10-4-5-12(15)13(9-10)17-8-6-11-3-1-2-7-16-11/h1-5,7,9,17H,6,8,15H2. The number of aromatic nitrogens is 1. The molecule has 0 saturated carbocycles. The Balaban J connectivity index is 1.92. The van der Waals surface area contributed by atoms with Gasteiger partial charge in [0, 0.05) is 24.9 Å². The number of nitrogens with two attached hydrogens (primary N) is 1. The lowest BCUT2D eigenvalue weighted by atomic mass is 10.2. The second-order valence-electron chi connectivity index (χ2n) is 3.73. The number of hydrogen-bond donors (Lipinski definition) is 2. The zero-order valence-corrected chi connectivity index (χ0v) is 9.36. The lowest BCUT2D eigenvalue weighted by molar-refractivity contribution is 0.628. The Bertz CT molecular complexity index is 485. The molecule has 1 aromatic carbocycles. The number of rotatable bonds is 4. The van der Waals surface area contributed by atoms with E-state index in [1.54, 1.807) is 12.3 Å². The second-order valence-corrected chi connectivity index (χ2v) is 3.73. The molecule has 88 valence electrons. The summed E-state index contributed by atoms with van der Waals surface area (Å²) < 4.78 is 13.0. The Hall–Kier alpha value is -2.10. The van der Waals surface area contributed by atoms with Crippen LogP contribution in [0.3, 0.4) is 0 Å². The minimum Gasteiger partial charge on any atom is -0.397 e. The van der Waals surface area contributed by atoms with Gasteiger partial charge in [-0.2, -0.15) is 0 Å². The number of nitrogens with zero attached hydrogens (tertiary/aromatic N) is 1. The molecule has 0 aliphatic rings. The molecule has 0 aliphatic heterocycles. The van der Waals surface area contributed by atoms with Gasteiger partial charge in [-0.05, 0) is 30.3 Å². The molecular formula is C13H14FN3. The van der Waals surface area contributed by atoms with Crippen molar-refractivity contribution in [2.75, 3.05) is 17.6 Å². The van der Waals surface area contributed by atoms with Crippen LogP contribution in [0.15, 0.2) is 42.6 Å². The number of anilines is 2. The van der Waals surface area contributed by atoms with E-state index in [9.17, 15) is 4.39 Å².